The molecule has 0 saturated heterocycles. The van der Waals surface area contributed by atoms with Crippen LogP contribution < -0.4 is 0 Å². The van der Waals surface area contributed by atoms with E-state index in [9.17, 15) is 4.79 Å². The zero-order valence-corrected chi connectivity index (χ0v) is 3.45. The van der Waals surface area contributed by atoms with Crippen molar-refractivity contribution in [2.45, 2.75) is 0 Å². The van der Waals surface area contributed by atoms with Gasteiger partial charge in [0.2, 0.25) is 0 Å². The molecule has 0 aromatic heterocycles. The van der Waals surface area contributed by atoms with Gasteiger partial charge < -0.3 is 4.74 Å². The molecule has 0 aromatic carbocycles. The zero-order valence-electron chi connectivity index (χ0n) is 2.69. The lowest BCUT2D eigenvalue weighted by molar-refractivity contribution is 0.198. The number of carbonyl (C=O) groups is 1. The summed E-state index contributed by atoms with van der Waals surface area (Å²) in [6.45, 7) is 0. The molecule has 0 radical (unpaired) electrons. The molecule has 0 aliphatic heterocycles. The van der Waals surface area contributed by atoms with E-state index in [2.05, 4.69) is 16.3 Å². The second kappa shape index (κ2) is 4.98. The van der Waals surface area contributed by atoms with Gasteiger partial charge in [0, 0.05) is 11.6 Å². The number of ether oxygens (including phenoxy) is 1. The first kappa shape index (κ1) is 9.36. The van der Waals surface area contributed by atoms with Crippen molar-refractivity contribution < 1.29 is 9.53 Å². The molecule has 0 atom stereocenters. The Labute approximate surface area is 45.5 Å². The van der Waals surface area contributed by atoms with E-state index in [0.717, 1.165) is 0 Å². The van der Waals surface area contributed by atoms with Gasteiger partial charge in [-0.05, 0) is 11.0 Å². The van der Waals surface area contributed by atoms with Gasteiger partial charge in [0.1, 0.15) is 0 Å². The smallest absolute Gasteiger partial charge is 0.403 e. The molecule has 0 heterocycles. The highest BCUT2D eigenvalue weighted by molar-refractivity contribution is 6.61. The van der Waals surface area contributed by atoms with Gasteiger partial charge in [-0.3, -0.25) is 0 Å². The summed E-state index contributed by atoms with van der Waals surface area (Å²) in [7, 11) is 1.22. The summed E-state index contributed by atoms with van der Waals surface area (Å²) in [4.78, 5) is 9.36. The summed E-state index contributed by atoms with van der Waals surface area (Å²) in [6, 6.07) is 0. The van der Waals surface area contributed by atoms with Crippen LogP contribution in [0, 0.1) is 0 Å². The lowest BCUT2D eigenvalue weighted by Gasteiger charge is -1.77. The molecule has 0 aliphatic rings. The summed E-state index contributed by atoms with van der Waals surface area (Å²) in [5, 5.41) is 0. The van der Waals surface area contributed by atoms with Crippen molar-refractivity contribution in [1.82, 2.24) is 0 Å². The van der Waals surface area contributed by atoms with Crippen LogP contribution in [0.3, 0.4) is 0 Å². The van der Waals surface area contributed by atoms with Gasteiger partial charge in [-0.25, -0.2) is 4.79 Å². The van der Waals surface area contributed by atoms with Crippen LogP contribution in [0.4, 0.5) is 4.79 Å². The van der Waals surface area contributed by atoms with Gasteiger partial charge in [0.25, 0.3) is 0 Å². The van der Waals surface area contributed by atoms with Crippen molar-refractivity contribution in [2.24, 2.45) is 0 Å². The van der Waals surface area contributed by atoms with Gasteiger partial charge in [-0.2, -0.15) is 0 Å². The quantitative estimate of drug-likeness (QED) is 0.324. The average Bonchev–Trinajstić information content (AvgIpc) is 1.38. The third kappa shape index (κ3) is 9.02. The SMILES string of the molecule is COC(=O)Cl.[SiH4]. The Hall–Kier alpha value is -0.0231. The minimum atomic E-state index is -0.773. The maximum atomic E-state index is 9.36. The third-order valence-corrected chi connectivity index (χ3v) is 0.315. The summed E-state index contributed by atoms with van der Waals surface area (Å²) < 4.78 is 3.88. The van der Waals surface area contributed by atoms with Gasteiger partial charge in [0.05, 0.1) is 7.11 Å². The van der Waals surface area contributed by atoms with Gasteiger partial charge in [-0.1, -0.05) is 0 Å². The van der Waals surface area contributed by atoms with E-state index < -0.39 is 5.43 Å². The Kier molecular flexibility index (Phi) is 7.76. The first-order valence-electron chi connectivity index (χ1n) is 1.01. The molecular formula is C2H7ClO2Si. The Morgan fingerprint density at radius 3 is 2.00 bits per heavy atom. The molecule has 2 nitrogen and oxygen atoms in total. The molecule has 0 unspecified atom stereocenters. The lowest BCUT2D eigenvalue weighted by Crippen LogP contribution is -1.80. The maximum Gasteiger partial charge on any atom is 0.403 e. The number of methoxy groups -OCH3 is 1. The van der Waals surface area contributed by atoms with E-state index in [0.29, 0.717) is 0 Å². The molecule has 0 aliphatic carbocycles. The van der Waals surface area contributed by atoms with Gasteiger partial charge in [0.15, 0.2) is 0 Å². The van der Waals surface area contributed by atoms with E-state index >= 15 is 0 Å². The van der Waals surface area contributed by atoms with E-state index in [-0.39, 0.29) is 11.0 Å². The predicted molar refractivity (Wildman–Crippen MR) is 29.6 cm³/mol. The molecule has 38 valence electrons. The van der Waals surface area contributed by atoms with Crippen molar-refractivity contribution in [3.8, 4) is 0 Å². The summed E-state index contributed by atoms with van der Waals surface area (Å²) in [5.41, 5.74) is -0.773. The molecule has 0 amide bonds. The summed E-state index contributed by atoms with van der Waals surface area (Å²) in [6.07, 6.45) is 0. The largest absolute Gasteiger partial charge is 0.457 e. The van der Waals surface area contributed by atoms with Crippen LogP contribution in [0.5, 0.6) is 0 Å². The van der Waals surface area contributed by atoms with E-state index in [1.54, 1.807) is 0 Å². The predicted octanol–water partition coefficient (Wildman–Crippen LogP) is -0.460. The fraction of sp³-hybridized carbons (Fsp3) is 0.500. The number of carbonyl (C=O) groups excluding carboxylic acids is 1. The molecule has 4 heteroatoms. The molecule has 0 rings (SSSR count). The van der Waals surface area contributed by atoms with E-state index in [4.69, 9.17) is 0 Å². The van der Waals surface area contributed by atoms with Gasteiger partial charge >= 0.3 is 5.43 Å². The monoisotopic (exact) mass is 126 g/mol. The molecule has 6 heavy (non-hydrogen) atoms. The van der Waals surface area contributed by atoms with Crippen LogP contribution in [0.15, 0.2) is 0 Å². The second-order valence-corrected chi connectivity index (χ2v) is 0.750. The Morgan fingerprint density at radius 1 is 1.83 bits per heavy atom. The minimum Gasteiger partial charge on any atom is -0.457 e. The van der Waals surface area contributed by atoms with Crippen molar-refractivity contribution in [1.29, 1.82) is 0 Å². The maximum absolute atomic E-state index is 9.36. The first-order chi connectivity index (χ1) is 2.27. The average molecular weight is 127 g/mol. The lowest BCUT2D eigenvalue weighted by atomic mass is 11.5. The third-order valence-electron chi connectivity index (χ3n) is 0.160. The number of hydrogen-bond acceptors (Lipinski definition) is 2. The summed E-state index contributed by atoms with van der Waals surface area (Å²) >= 11 is 4.60. The number of halogens is 1. The molecule has 0 aromatic rings. The molecule has 0 fully saturated rings. The molecule has 0 saturated carbocycles. The topological polar surface area (TPSA) is 26.3 Å². The molecule has 0 spiro atoms. The Morgan fingerprint density at radius 2 is 2.00 bits per heavy atom. The Bertz CT molecular complexity index is 46.8. The fourth-order valence-electron chi connectivity index (χ4n) is 0. The zero-order chi connectivity index (χ0) is 4.28. The van der Waals surface area contributed by atoms with Crippen molar-refractivity contribution in [2.75, 3.05) is 7.11 Å². The van der Waals surface area contributed by atoms with E-state index in [1.807, 2.05) is 0 Å². The molecule has 0 N–H and O–H groups in total. The number of rotatable bonds is 0. The number of hydrogen-bond donors (Lipinski definition) is 0. The van der Waals surface area contributed by atoms with E-state index in [1.165, 1.54) is 7.11 Å². The van der Waals surface area contributed by atoms with Crippen molar-refractivity contribution >= 4 is 28.0 Å². The van der Waals surface area contributed by atoms with Crippen LogP contribution in [-0.4, -0.2) is 23.5 Å². The van der Waals surface area contributed by atoms with Crippen molar-refractivity contribution in [3.05, 3.63) is 0 Å². The molecular weight excluding hydrogens is 120 g/mol. The highest BCUT2D eigenvalue weighted by Crippen LogP contribution is 1.78. The van der Waals surface area contributed by atoms with Gasteiger partial charge in [-0.15, -0.1) is 0 Å². The van der Waals surface area contributed by atoms with Crippen LogP contribution in [0.25, 0.3) is 0 Å². The normalized spacial score (nSPS) is 5.67. The highest BCUT2D eigenvalue weighted by atomic mass is 35.5. The van der Waals surface area contributed by atoms with Crippen LogP contribution in [0.2, 0.25) is 0 Å². The van der Waals surface area contributed by atoms with Crippen LogP contribution in [0.1, 0.15) is 0 Å². The standard InChI is InChI=1S/C2H3ClO2.H4Si/c1-5-2(3)4;/h1H3;1H4. The first-order valence-corrected chi connectivity index (χ1v) is 1.38. The highest BCUT2D eigenvalue weighted by Gasteiger charge is 1.80. The summed E-state index contributed by atoms with van der Waals surface area (Å²) in [5.74, 6) is 0. The molecule has 0 bridgehead atoms. The van der Waals surface area contributed by atoms with Crippen molar-refractivity contribution in [3.63, 3.8) is 0 Å². The van der Waals surface area contributed by atoms with Crippen LogP contribution in [-0.2, 0) is 4.74 Å². The second-order valence-electron chi connectivity index (χ2n) is 0.442. The Balaban J connectivity index is 0. The minimum absolute atomic E-state index is 0. The van der Waals surface area contributed by atoms with Crippen LogP contribution >= 0.6 is 11.6 Å². The fourth-order valence-corrected chi connectivity index (χ4v) is 0.